The van der Waals surface area contributed by atoms with Crippen molar-refractivity contribution in [3.63, 3.8) is 0 Å². The second-order valence-corrected chi connectivity index (χ2v) is 4.61. The fourth-order valence-corrected chi connectivity index (χ4v) is 2.03. The number of hydrogen-bond donors (Lipinski definition) is 1. The number of halogens is 1. The highest BCUT2D eigenvalue weighted by Gasteiger charge is 2.17. The van der Waals surface area contributed by atoms with E-state index < -0.39 is 0 Å². The molecule has 90 valence electrons. The van der Waals surface area contributed by atoms with Gasteiger partial charge < -0.3 is 4.98 Å². The van der Waals surface area contributed by atoms with Crippen LogP contribution >= 0.6 is 11.6 Å². The number of nitrogens with zero attached hydrogens (tertiary/aromatic N) is 2. The van der Waals surface area contributed by atoms with E-state index in [2.05, 4.69) is 15.0 Å². The third-order valence-electron chi connectivity index (χ3n) is 2.70. The Kier molecular flexibility index (Phi) is 3.15. The first-order chi connectivity index (χ1) is 8.08. The van der Waals surface area contributed by atoms with Gasteiger partial charge >= 0.3 is 0 Å². The minimum atomic E-state index is 0.242. The molecule has 2 heterocycles. The Labute approximate surface area is 104 Å². The number of carbonyl (C=O) groups is 1. The van der Waals surface area contributed by atoms with E-state index in [1.807, 2.05) is 20.8 Å². The number of nitrogens with one attached hydrogen (secondary N) is 1. The number of aldehydes is 1. The first-order valence-corrected chi connectivity index (χ1v) is 5.99. The highest BCUT2D eigenvalue weighted by atomic mass is 35.5. The summed E-state index contributed by atoms with van der Waals surface area (Å²) in [6.07, 6.45) is 1.49. The Morgan fingerprint density at radius 1 is 1.41 bits per heavy atom. The summed E-state index contributed by atoms with van der Waals surface area (Å²) in [7, 11) is 0. The Hall–Kier alpha value is -1.42. The minimum absolute atomic E-state index is 0.242. The summed E-state index contributed by atoms with van der Waals surface area (Å²) in [5, 5.41) is 1.08. The quantitative estimate of drug-likeness (QED) is 0.853. The Morgan fingerprint density at radius 2 is 2.12 bits per heavy atom. The van der Waals surface area contributed by atoms with Crippen molar-refractivity contribution in [2.45, 2.75) is 33.1 Å². The van der Waals surface area contributed by atoms with Crippen molar-refractivity contribution in [2.75, 3.05) is 0 Å². The van der Waals surface area contributed by atoms with Gasteiger partial charge in [-0.1, -0.05) is 32.4 Å². The van der Waals surface area contributed by atoms with E-state index in [0.29, 0.717) is 16.4 Å². The van der Waals surface area contributed by atoms with E-state index in [0.717, 1.165) is 29.6 Å². The van der Waals surface area contributed by atoms with E-state index in [4.69, 9.17) is 11.6 Å². The Balaban J connectivity index is 2.82. The first kappa shape index (κ1) is 12.0. The molecule has 17 heavy (non-hydrogen) atoms. The van der Waals surface area contributed by atoms with Gasteiger partial charge in [-0.25, -0.2) is 9.97 Å². The summed E-state index contributed by atoms with van der Waals surface area (Å²) in [6.45, 7) is 6.07. The monoisotopic (exact) mass is 251 g/mol. The van der Waals surface area contributed by atoms with Crippen molar-refractivity contribution < 1.29 is 4.79 Å². The van der Waals surface area contributed by atoms with Crippen LogP contribution in [0.1, 0.15) is 48.6 Å². The van der Waals surface area contributed by atoms with E-state index in [1.165, 1.54) is 0 Å². The molecule has 0 spiro atoms. The van der Waals surface area contributed by atoms with E-state index in [1.54, 1.807) is 0 Å². The van der Waals surface area contributed by atoms with Crippen molar-refractivity contribution in [1.29, 1.82) is 0 Å². The van der Waals surface area contributed by atoms with Crippen molar-refractivity contribution in [2.24, 2.45) is 0 Å². The van der Waals surface area contributed by atoms with Crippen LogP contribution in [0.15, 0.2) is 0 Å². The van der Waals surface area contributed by atoms with E-state index in [9.17, 15) is 4.79 Å². The van der Waals surface area contributed by atoms with Crippen LogP contribution in [0.3, 0.4) is 0 Å². The average molecular weight is 252 g/mol. The molecule has 0 aliphatic heterocycles. The van der Waals surface area contributed by atoms with Gasteiger partial charge in [-0.05, 0) is 6.42 Å². The lowest BCUT2D eigenvalue weighted by Crippen LogP contribution is -2.02. The summed E-state index contributed by atoms with van der Waals surface area (Å²) in [5.74, 6) is 1.01. The number of fused-ring (bicyclic) bond motifs is 1. The molecule has 0 aliphatic rings. The Bertz CT molecular complexity index is 575. The van der Waals surface area contributed by atoms with Gasteiger partial charge in [0.25, 0.3) is 0 Å². The van der Waals surface area contributed by atoms with Crippen molar-refractivity contribution >= 4 is 28.9 Å². The maximum Gasteiger partial charge on any atom is 0.153 e. The summed E-state index contributed by atoms with van der Waals surface area (Å²) >= 11 is 5.97. The van der Waals surface area contributed by atoms with Crippen molar-refractivity contribution in [3.8, 4) is 0 Å². The molecule has 1 N–H and O–H groups in total. The number of carbonyl (C=O) groups excluding carboxylic acids is 1. The first-order valence-electron chi connectivity index (χ1n) is 5.61. The molecule has 2 aromatic rings. The molecular weight excluding hydrogens is 238 g/mol. The molecule has 5 heteroatoms. The zero-order valence-corrected chi connectivity index (χ0v) is 10.8. The summed E-state index contributed by atoms with van der Waals surface area (Å²) in [5.41, 5.74) is 1.96. The summed E-state index contributed by atoms with van der Waals surface area (Å²) in [6, 6.07) is 0. The Morgan fingerprint density at radius 3 is 2.65 bits per heavy atom. The van der Waals surface area contributed by atoms with E-state index >= 15 is 0 Å². The molecule has 0 bridgehead atoms. The number of aromatic amines is 1. The van der Waals surface area contributed by atoms with Crippen molar-refractivity contribution in [3.05, 3.63) is 22.2 Å². The van der Waals surface area contributed by atoms with Crippen LogP contribution in [0.4, 0.5) is 0 Å². The molecule has 0 unspecified atom stereocenters. The molecular formula is C12H14ClN3O. The van der Waals surface area contributed by atoms with E-state index in [-0.39, 0.29) is 5.92 Å². The molecule has 0 fully saturated rings. The molecule has 2 rings (SSSR count). The molecule has 4 nitrogen and oxygen atoms in total. The van der Waals surface area contributed by atoms with Crippen LogP contribution in [-0.4, -0.2) is 21.2 Å². The van der Waals surface area contributed by atoms with Crippen LogP contribution in [-0.2, 0) is 6.42 Å². The van der Waals surface area contributed by atoms with Crippen LogP contribution < -0.4 is 0 Å². The lowest BCUT2D eigenvalue weighted by Gasteiger charge is -2.06. The fraction of sp³-hybridized carbons (Fsp3) is 0.417. The zero-order chi connectivity index (χ0) is 12.6. The lowest BCUT2D eigenvalue weighted by molar-refractivity contribution is 0.112. The minimum Gasteiger partial charge on any atom is -0.330 e. The van der Waals surface area contributed by atoms with Gasteiger partial charge in [0.2, 0.25) is 0 Å². The molecule has 0 aromatic carbocycles. The smallest absolute Gasteiger partial charge is 0.153 e. The molecule has 2 aromatic heterocycles. The third kappa shape index (κ3) is 1.93. The molecule has 0 saturated heterocycles. The number of aryl methyl sites for hydroxylation is 1. The van der Waals surface area contributed by atoms with Crippen molar-refractivity contribution in [1.82, 2.24) is 15.0 Å². The predicted molar refractivity (Wildman–Crippen MR) is 67.8 cm³/mol. The summed E-state index contributed by atoms with van der Waals surface area (Å²) in [4.78, 5) is 22.9. The SMILES string of the molecule is CCc1nc(C(C)C)nc2[nH]c(Cl)c(C=O)c12. The van der Waals surface area contributed by atoms with Gasteiger partial charge in [0.05, 0.1) is 16.6 Å². The standard InChI is InChI=1S/C12H14ClN3O/c1-4-8-9-7(5-17)10(13)15-12(9)16-11(14-8)6(2)3/h5-6H,4H2,1-3H3,(H,14,15,16). The van der Waals surface area contributed by atoms with Gasteiger partial charge in [0.15, 0.2) is 6.29 Å². The second-order valence-electron chi connectivity index (χ2n) is 4.23. The van der Waals surface area contributed by atoms with Gasteiger partial charge in [-0.2, -0.15) is 0 Å². The van der Waals surface area contributed by atoms with Gasteiger partial charge in [-0.15, -0.1) is 0 Å². The number of rotatable bonds is 3. The number of aromatic nitrogens is 3. The largest absolute Gasteiger partial charge is 0.330 e. The van der Waals surface area contributed by atoms with Crippen LogP contribution in [0.2, 0.25) is 5.15 Å². The maximum absolute atomic E-state index is 11.0. The fourth-order valence-electron chi connectivity index (χ4n) is 1.81. The van der Waals surface area contributed by atoms with Gasteiger partial charge in [0.1, 0.15) is 16.6 Å². The molecule has 0 radical (unpaired) electrons. The lowest BCUT2D eigenvalue weighted by atomic mass is 10.1. The maximum atomic E-state index is 11.0. The van der Waals surface area contributed by atoms with Crippen LogP contribution in [0, 0.1) is 0 Å². The van der Waals surface area contributed by atoms with Crippen LogP contribution in [0.5, 0.6) is 0 Å². The number of hydrogen-bond acceptors (Lipinski definition) is 3. The third-order valence-corrected chi connectivity index (χ3v) is 3.00. The summed E-state index contributed by atoms with van der Waals surface area (Å²) < 4.78 is 0. The molecule has 0 amide bonds. The molecule has 0 atom stereocenters. The predicted octanol–water partition coefficient (Wildman–Crippen LogP) is 3.11. The normalized spacial score (nSPS) is 11.4. The number of H-pyrrole nitrogens is 1. The van der Waals surface area contributed by atoms with Crippen LogP contribution in [0.25, 0.3) is 11.0 Å². The van der Waals surface area contributed by atoms with Gasteiger partial charge in [-0.3, -0.25) is 4.79 Å². The topological polar surface area (TPSA) is 58.6 Å². The molecule has 0 saturated carbocycles. The highest BCUT2D eigenvalue weighted by molar-refractivity contribution is 6.33. The highest BCUT2D eigenvalue weighted by Crippen LogP contribution is 2.27. The molecule has 0 aliphatic carbocycles. The average Bonchev–Trinajstić information content (AvgIpc) is 2.62. The van der Waals surface area contributed by atoms with Gasteiger partial charge in [0, 0.05) is 5.92 Å². The zero-order valence-electron chi connectivity index (χ0n) is 10.0. The second kappa shape index (κ2) is 4.45.